The lowest BCUT2D eigenvalue weighted by Crippen LogP contribution is -2.21. The van der Waals surface area contributed by atoms with E-state index in [1.165, 1.54) is 49.7 Å². The lowest BCUT2D eigenvalue weighted by molar-refractivity contribution is -0.00134. The molecular formula is C40H50O5. The van der Waals surface area contributed by atoms with Crippen molar-refractivity contribution in [1.29, 1.82) is 0 Å². The van der Waals surface area contributed by atoms with E-state index in [1.54, 1.807) is 0 Å². The number of carbonyl (C=O) groups excluding carboxylic acids is 2. The van der Waals surface area contributed by atoms with Crippen LogP contribution in [0.15, 0.2) is 78.9 Å². The molecule has 5 nitrogen and oxygen atoms in total. The summed E-state index contributed by atoms with van der Waals surface area (Å²) < 4.78 is 17.6. The van der Waals surface area contributed by atoms with Crippen molar-refractivity contribution in [3.05, 3.63) is 107 Å². The van der Waals surface area contributed by atoms with Gasteiger partial charge >= 0.3 is 11.9 Å². The Bertz CT molecular complexity index is 1320. The van der Waals surface area contributed by atoms with E-state index in [0.717, 1.165) is 50.2 Å². The van der Waals surface area contributed by atoms with Gasteiger partial charge in [0.15, 0.2) is 6.10 Å². The molecule has 5 rings (SSSR count). The van der Waals surface area contributed by atoms with Gasteiger partial charge in [-0.25, -0.2) is 9.59 Å². The van der Waals surface area contributed by atoms with Crippen LogP contribution in [-0.4, -0.2) is 31.3 Å². The highest BCUT2D eigenvalue weighted by Gasteiger charge is 2.25. The second kappa shape index (κ2) is 16.7. The predicted octanol–water partition coefficient (Wildman–Crippen LogP) is 9.97. The quantitative estimate of drug-likeness (QED) is 0.180. The van der Waals surface area contributed by atoms with Crippen LogP contribution in [0.4, 0.5) is 0 Å². The second-order valence-electron chi connectivity index (χ2n) is 13.0. The molecule has 2 aliphatic carbocycles. The summed E-state index contributed by atoms with van der Waals surface area (Å²) in [6.07, 6.45) is 12.7. The fourth-order valence-corrected chi connectivity index (χ4v) is 7.12. The van der Waals surface area contributed by atoms with Gasteiger partial charge in [-0.05, 0) is 116 Å². The van der Waals surface area contributed by atoms with E-state index >= 15 is 0 Å². The summed E-state index contributed by atoms with van der Waals surface area (Å²) in [5.74, 6) is 1.08. The number of hydrogen-bond acceptors (Lipinski definition) is 5. The van der Waals surface area contributed by atoms with Gasteiger partial charge in [0.25, 0.3) is 0 Å². The lowest BCUT2D eigenvalue weighted by Gasteiger charge is -2.28. The molecule has 0 N–H and O–H groups in total. The van der Waals surface area contributed by atoms with Gasteiger partial charge in [0.1, 0.15) is 6.61 Å². The lowest BCUT2D eigenvalue weighted by atomic mass is 9.77. The van der Waals surface area contributed by atoms with Crippen LogP contribution in [0.25, 0.3) is 0 Å². The zero-order chi connectivity index (χ0) is 31.4. The zero-order valence-corrected chi connectivity index (χ0v) is 27.1. The minimum absolute atomic E-state index is 0.0583. The number of esters is 2. The molecule has 240 valence electrons. The Labute approximate surface area is 269 Å². The Morgan fingerprint density at radius 1 is 0.667 bits per heavy atom. The molecule has 3 aromatic carbocycles. The molecule has 0 radical (unpaired) electrons. The molecular weight excluding hydrogens is 560 g/mol. The molecule has 2 saturated carbocycles. The van der Waals surface area contributed by atoms with Crippen LogP contribution in [-0.2, 0) is 14.2 Å². The van der Waals surface area contributed by atoms with Crippen molar-refractivity contribution in [2.75, 3.05) is 13.2 Å². The smallest absolute Gasteiger partial charge is 0.338 e. The summed E-state index contributed by atoms with van der Waals surface area (Å²) in [6.45, 7) is 5.19. The van der Waals surface area contributed by atoms with Crippen molar-refractivity contribution >= 4 is 11.9 Å². The van der Waals surface area contributed by atoms with E-state index < -0.39 is 18.0 Å². The molecule has 1 unspecified atom stereocenters. The minimum atomic E-state index is -0.708. The molecule has 2 fully saturated rings. The summed E-state index contributed by atoms with van der Waals surface area (Å²) >= 11 is 0. The second-order valence-corrected chi connectivity index (χ2v) is 13.0. The highest BCUT2D eigenvalue weighted by molar-refractivity contribution is 5.90. The first kappa shape index (κ1) is 32.9. The SMILES string of the molecule is CCCOC1CCC(c2ccc(C(=O)OCC(OC(=O)c3ccc(C4CCC(CCC)CC4)cc3)c3ccccc3)cc2)CC1. The van der Waals surface area contributed by atoms with Crippen LogP contribution in [0.5, 0.6) is 0 Å². The summed E-state index contributed by atoms with van der Waals surface area (Å²) in [4.78, 5) is 26.3. The van der Waals surface area contributed by atoms with Crippen LogP contribution in [0.1, 0.15) is 140 Å². The van der Waals surface area contributed by atoms with Crippen LogP contribution < -0.4 is 0 Å². The van der Waals surface area contributed by atoms with E-state index in [4.69, 9.17) is 14.2 Å². The van der Waals surface area contributed by atoms with E-state index in [1.807, 2.05) is 66.7 Å². The standard InChI is InChI=1S/C40H50O5/c1-3-8-29-11-13-30(14-12-29)31-17-21-36(22-18-31)40(42)45-38(34-9-6-5-7-10-34)28-44-39(41)35-19-15-32(16-20-35)33-23-25-37(26-24-33)43-27-4-2/h5-7,9-10,15-22,29-30,33,37-38H,3-4,8,11-14,23-28H2,1-2H3. The first-order chi connectivity index (χ1) is 22.0. The summed E-state index contributed by atoms with van der Waals surface area (Å²) in [7, 11) is 0. The fourth-order valence-electron chi connectivity index (χ4n) is 7.12. The zero-order valence-electron chi connectivity index (χ0n) is 27.1. The van der Waals surface area contributed by atoms with Crippen molar-refractivity contribution in [3.63, 3.8) is 0 Å². The van der Waals surface area contributed by atoms with Crippen LogP contribution in [0.2, 0.25) is 0 Å². The van der Waals surface area contributed by atoms with Crippen molar-refractivity contribution < 1.29 is 23.8 Å². The number of carbonyl (C=O) groups is 2. The molecule has 0 spiro atoms. The van der Waals surface area contributed by atoms with Crippen molar-refractivity contribution in [3.8, 4) is 0 Å². The van der Waals surface area contributed by atoms with Gasteiger partial charge in [0, 0.05) is 6.61 Å². The molecule has 0 heterocycles. The number of rotatable bonds is 13. The van der Waals surface area contributed by atoms with Gasteiger partial charge in [0.05, 0.1) is 17.2 Å². The van der Waals surface area contributed by atoms with Crippen LogP contribution >= 0.6 is 0 Å². The van der Waals surface area contributed by atoms with E-state index in [9.17, 15) is 9.59 Å². The average Bonchev–Trinajstić information content (AvgIpc) is 3.10. The van der Waals surface area contributed by atoms with E-state index in [-0.39, 0.29) is 6.61 Å². The fraction of sp³-hybridized carbons (Fsp3) is 0.500. The van der Waals surface area contributed by atoms with Gasteiger partial charge in [-0.2, -0.15) is 0 Å². The molecule has 0 aromatic heterocycles. The Morgan fingerprint density at radius 3 is 1.78 bits per heavy atom. The largest absolute Gasteiger partial charge is 0.458 e. The number of ether oxygens (including phenoxy) is 3. The maximum absolute atomic E-state index is 13.2. The normalized spacial score (nSPS) is 22.4. The van der Waals surface area contributed by atoms with Crippen molar-refractivity contribution in [2.45, 2.75) is 109 Å². The average molecular weight is 611 g/mol. The van der Waals surface area contributed by atoms with Crippen LogP contribution in [0.3, 0.4) is 0 Å². The predicted molar refractivity (Wildman–Crippen MR) is 179 cm³/mol. The monoisotopic (exact) mass is 610 g/mol. The topological polar surface area (TPSA) is 61.8 Å². The van der Waals surface area contributed by atoms with Gasteiger partial charge in [-0.1, -0.05) is 81.3 Å². The third-order valence-electron chi connectivity index (χ3n) is 9.80. The van der Waals surface area contributed by atoms with E-state index in [0.29, 0.717) is 29.1 Å². The first-order valence-corrected chi connectivity index (χ1v) is 17.3. The molecule has 0 bridgehead atoms. The summed E-state index contributed by atoms with van der Waals surface area (Å²) in [5.41, 5.74) is 4.35. The molecule has 0 aliphatic heterocycles. The highest BCUT2D eigenvalue weighted by atomic mass is 16.6. The molecule has 3 aromatic rings. The Morgan fingerprint density at radius 2 is 1.22 bits per heavy atom. The number of benzene rings is 3. The van der Waals surface area contributed by atoms with E-state index in [2.05, 4.69) is 26.0 Å². The summed E-state index contributed by atoms with van der Waals surface area (Å²) in [5, 5.41) is 0. The highest BCUT2D eigenvalue weighted by Crippen LogP contribution is 2.38. The Hall–Kier alpha value is -3.44. The first-order valence-electron chi connectivity index (χ1n) is 17.3. The molecule has 2 aliphatic rings. The van der Waals surface area contributed by atoms with Gasteiger partial charge < -0.3 is 14.2 Å². The maximum atomic E-state index is 13.2. The molecule has 1 atom stereocenters. The van der Waals surface area contributed by atoms with Gasteiger partial charge in [-0.3, -0.25) is 0 Å². The Balaban J connectivity index is 1.15. The van der Waals surface area contributed by atoms with Crippen molar-refractivity contribution in [1.82, 2.24) is 0 Å². The Kier molecular flexibility index (Phi) is 12.3. The molecule has 45 heavy (non-hydrogen) atoms. The third kappa shape index (κ3) is 9.29. The van der Waals surface area contributed by atoms with Crippen LogP contribution in [0, 0.1) is 5.92 Å². The minimum Gasteiger partial charge on any atom is -0.458 e. The van der Waals surface area contributed by atoms with Crippen molar-refractivity contribution in [2.24, 2.45) is 5.92 Å². The molecule has 5 heteroatoms. The third-order valence-corrected chi connectivity index (χ3v) is 9.80. The summed E-state index contributed by atoms with van der Waals surface area (Å²) in [6, 6.07) is 25.2. The van der Waals surface area contributed by atoms with Gasteiger partial charge in [0.2, 0.25) is 0 Å². The van der Waals surface area contributed by atoms with Gasteiger partial charge in [-0.15, -0.1) is 0 Å². The number of hydrogen-bond donors (Lipinski definition) is 0. The molecule has 0 saturated heterocycles. The molecule has 0 amide bonds. The maximum Gasteiger partial charge on any atom is 0.338 e.